The highest BCUT2D eigenvalue weighted by Crippen LogP contribution is 2.23. The molecule has 1 atom stereocenters. The number of nitrogens with one attached hydrogen (secondary N) is 1. The van der Waals surface area contributed by atoms with E-state index >= 15 is 0 Å². The fraction of sp³-hybridized carbons (Fsp3) is 0.733. The molecule has 1 N–H and O–H groups in total. The Morgan fingerprint density at radius 2 is 2.21 bits per heavy atom. The van der Waals surface area contributed by atoms with E-state index in [9.17, 15) is 0 Å². The summed E-state index contributed by atoms with van der Waals surface area (Å²) in [6.45, 7) is 6.54. The maximum absolute atomic E-state index is 5.92. The molecule has 1 saturated heterocycles. The fourth-order valence-corrected chi connectivity index (χ4v) is 3.77. The van der Waals surface area contributed by atoms with Crippen LogP contribution in [0.15, 0.2) is 16.5 Å². The highest BCUT2D eigenvalue weighted by Gasteiger charge is 2.21. The number of nitrogens with zero attached hydrogens (tertiary/aromatic N) is 1. The third-order valence-electron chi connectivity index (χ3n) is 3.92. The Balaban J connectivity index is 1.48. The first-order chi connectivity index (χ1) is 9.33. The minimum Gasteiger partial charge on any atom is -0.463 e. The number of hydrogen-bond acceptors (Lipinski definition) is 4. The van der Waals surface area contributed by atoms with Gasteiger partial charge >= 0.3 is 0 Å². The van der Waals surface area contributed by atoms with Crippen LogP contribution in [-0.2, 0) is 13.1 Å². The van der Waals surface area contributed by atoms with E-state index in [2.05, 4.69) is 41.0 Å². The van der Waals surface area contributed by atoms with Gasteiger partial charge in [-0.1, -0.05) is 6.92 Å². The molecule has 0 bridgehead atoms. The zero-order valence-electron chi connectivity index (χ0n) is 11.7. The number of hydrogen-bond donors (Lipinski definition) is 1. The van der Waals surface area contributed by atoms with Gasteiger partial charge in [0.15, 0.2) is 0 Å². The minimum absolute atomic E-state index is 0.748. The predicted octanol–water partition coefficient (Wildman–Crippen LogP) is 2.86. The lowest BCUT2D eigenvalue weighted by Gasteiger charge is -2.31. The second kappa shape index (κ2) is 6.33. The van der Waals surface area contributed by atoms with Crippen LogP contribution in [0, 0.1) is 0 Å². The lowest BCUT2D eigenvalue weighted by Crippen LogP contribution is -2.36. The molecule has 0 aromatic carbocycles. The average Bonchev–Trinajstić information content (AvgIpc) is 3.17. The molecule has 0 radical (unpaired) electrons. The second-order valence-corrected chi connectivity index (χ2v) is 7.07. The standard InChI is InChI=1S/C15H24N2OS/c1-2-15-11-17(7-8-19-15)10-14-6-5-13(18-14)9-16-12-3-4-12/h5-6,12,15-16H,2-4,7-11H2,1H3. The summed E-state index contributed by atoms with van der Waals surface area (Å²) < 4.78 is 5.92. The van der Waals surface area contributed by atoms with Gasteiger partial charge in [-0.25, -0.2) is 0 Å². The fourth-order valence-electron chi connectivity index (χ4n) is 2.53. The van der Waals surface area contributed by atoms with Crippen molar-refractivity contribution in [3.63, 3.8) is 0 Å². The average molecular weight is 280 g/mol. The van der Waals surface area contributed by atoms with Crippen LogP contribution >= 0.6 is 11.8 Å². The van der Waals surface area contributed by atoms with Crippen LogP contribution in [0.1, 0.15) is 37.7 Å². The van der Waals surface area contributed by atoms with Gasteiger partial charge in [-0.3, -0.25) is 4.90 Å². The highest BCUT2D eigenvalue weighted by atomic mass is 32.2. The molecular weight excluding hydrogens is 256 g/mol. The van der Waals surface area contributed by atoms with Gasteiger partial charge in [-0.15, -0.1) is 0 Å². The topological polar surface area (TPSA) is 28.4 Å². The molecule has 1 unspecified atom stereocenters. The first kappa shape index (κ1) is 13.5. The zero-order chi connectivity index (χ0) is 13.1. The molecule has 4 heteroatoms. The van der Waals surface area contributed by atoms with Crippen LogP contribution in [0.3, 0.4) is 0 Å². The van der Waals surface area contributed by atoms with Gasteiger partial charge < -0.3 is 9.73 Å². The maximum atomic E-state index is 5.92. The van der Waals surface area contributed by atoms with Crippen LogP contribution in [0.5, 0.6) is 0 Å². The smallest absolute Gasteiger partial charge is 0.118 e. The van der Waals surface area contributed by atoms with Crippen molar-refractivity contribution >= 4 is 11.8 Å². The Kier molecular flexibility index (Phi) is 4.51. The van der Waals surface area contributed by atoms with E-state index in [-0.39, 0.29) is 0 Å². The molecule has 2 fully saturated rings. The van der Waals surface area contributed by atoms with E-state index < -0.39 is 0 Å². The molecule has 3 rings (SSSR count). The van der Waals surface area contributed by atoms with Crippen molar-refractivity contribution in [1.82, 2.24) is 10.2 Å². The molecule has 2 heterocycles. The summed E-state index contributed by atoms with van der Waals surface area (Å²) in [6, 6.07) is 5.02. The van der Waals surface area contributed by atoms with Gasteiger partial charge in [0.1, 0.15) is 11.5 Å². The van der Waals surface area contributed by atoms with E-state index in [0.29, 0.717) is 0 Å². The summed E-state index contributed by atoms with van der Waals surface area (Å²) in [5.41, 5.74) is 0. The Labute approximate surface area is 120 Å². The molecule has 3 nitrogen and oxygen atoms in total. The molecule has 0 amide bonds. The van der Waals surface area contributed by atoms with E-state index in [4.69, 9.17) is 4.42 Å². The molecule has 1 aliphatic carbocycles. The summed E-state index contributed by atoms with van der Waals surface area (Å²) >= 11 is 2.12. The Bertz CT molecular complexity index is 403. The Morgan fingerprint density at radius 1 is 1.37 bits per heavy atom. The Hall–Kier alpha value is -0.450. The predicted molar refractivity (Wildman–Crippen MR) is 80.4 cm³/mol. The van der Waals surface area contributed by atoms with Crippen LogP contribution in [-0.4, -0.2) is 35.0 Å². The summed E-state index contributed by atoms with van der Waals surface area (Å²) in [4.78, 5) is 2.53. The van der Waals surface area contributed by atoms with E-state index in [1.165, 1.54) is 38.1 Å². The lowest BCUT2D eigenvalue weighted by atomic mass is 10.3. The van der Waals surface area contributed by atoms with Crippen LogP contribution in [0.25, 0.3) is 0 Å². The third-order valence-corrected chi connectivity index (χ3v) is 5.29. The molecule has 106 valence electrons. The van der Waals surface area contributed by atoms with E-state index in [1.54, 1.807) is 0 Å². The van der Waals surface area contributed by atoms with Crippen molar-refractivity contribution in [2.45, 2.75) is 50.6 Å². The molecule has 1 aliphatic heterocycles. The van der Waals surface area contributed by atoms with Crippen LogP contribution < -0.4 is 5.32 Å². The third kappa shape index (κ3) is 4.01. The van der Waals surface area contributed by atoms with Gasteiger partial charge in [0.25, 0.3) is 0 Å². The molecular formula is C15H24N2OS. The maximum Gasteiger partial charge on any atom is 0.118 e. The largest absolute Gasteiger partial charge is 0.463 e. The number of rotatable bonds is 6. The molecule has 1 saturated carbocycles. The quantitative estimate of drug-likeness (QED) is 0.867. The van der Waals surface area contributed by atoms with Gasteiger partial charge in [-0.2, -0.15) is 11.8 Å². The van der Waals surface area contributed by atoms with Crippen molar-refractivity contribution in [1.29, 1.82) is 0 Å². The lowest BCUT2D eigenvalue weighted by molar-refractivity contribution is 0.247. The highest BCUT2D eigenvalue weighted by molar-refractivity contribution is 8.00. The molecule has 1 aromatic heterocycles. The molecule has 2 aliphatic rings. The second-order valence-electron chi connectivity index (χ2n) is 5.66. The van der Waals surface area contributed by atoms with E-state index in [1.807, 2.05) is 0 Å². The molecule has 0 spiro atoms. The summed E-state index contributed by atoms with van der Waals surface area (Å²) in [5, 5.41) is 4.30. The van der Waals surface area contributed by atoms with Crippen molar-refractivity contribution < 1.29 is 4.42 Å². The SMILES string of the molecule is CCC1CN(Cc2ccc(CNC3CC3)o2)CCS1. The zero-order valence-corrected chi connectivity index (χ0v) is 12.5. The molecule has 19 heavy (non-hydrogen) atoms. The van der Waals surface area contributed by atoms with Gasteiger partial charge in [0.05, 0.1) is 13.1 Å². The van der Waals surface area contributed by atoms with Crippen molar-refractivity contribution in [2.75, 3.05) is 18.8 Å². The van der Waals surface area contributed by atoms with Crippen molar-refractivity contribution in [3.05, 3.63) is 23.7 Å². The Morgan fingerprint density at radius 3 is 3.00 bits per heavy atom. The van der Waals surface area contributed by atoms with Gasteiger partial charge in [-0.05, 0) is 31.4 Å². The molecule has 1 aromatic rings. The number of thioether (sulfide) groups is 1. The van der Waals surface area contributed by atoms with Crippen molar-refractivity contribution in [2.24, 2.45) is 0 Å². The van der Waals surface area contributed by atoms with E-state index in [0.717, 1.165) is 35.9 Å². The summed E-state index contributed by atoms with van der Waals surface area (Å²) in [5.74, 6) is 3.46. The summed E-state index contributed by atoms with van der Waals surface area (Å²) in [6.07, 6.45) is 3.94. The van der Waals surface area contributed by atoms with Crippen molar-refractivity contribution in [3.8, 4) is 0 Å². The van der Waals surface area contributed by atoms with Crippen LogP contribution in [0.4, 0.5) is 0 Å². The normalized spacial score (nSPS) is 24.8. The monoisotopic (exact) mass is 280 g/mol. The first-order valence-electron chi connectivity index (χ1n) is 7.48. The van der Waals surface area contributed by atoms with Gasteiger partial charge in [0, 0.05) is 30.1 Å². The van der Waals surface area contributed by atoms with Gasteiger partial charge in [0.2, 0.25) is 0 Å². The van der Waals surface area contributed by atoms with Crippen LogP contribution in [0.2, 0.25) is 0 Å². The minimum atomic E-state index is 0.748. The number of furan rings is 1. The first-order valence-corrected chi connectivity index (χ1v) is 8.53. The summed E-state index contributed by atoms with van der Waals surface area (Å²) in [7, 11) is 0.